The largest absolute Gasteiger partial charge is 0.367 e. The van der Waals surface area contributed by atoms with E-state index in [1.54, 1.807) is 18.2 Å². The zero-order valence-corrected chi connectivity index (χ0v) is 12.0. The average Bonchev–Trinajstić information content (AvgIpc) is 2.82. The van der Waals surface area contributed by atoms with Crippen molar-refractivity contribution in [2.45, 2.75) is 45.4 Å². The van der Waals surface area contributed by atoms with Gasteiger partial charge in [0, 0.05) is 11.5 Å². The molecule has 2 aromatic rings. The van der Waals surface area contributed by atoms with Gasteiger partial charge in [0.2, 0.25) is 5.88 Å². The minimum atomic E-state index is -0.297. The van der Waals surface area contributed by atoms with Crippen molar-refractivity contribution in [2.75, 3.05) is 5.73 Å². The first-order valence-electron chi connectivity index (χ1n) is 7.18. The monoisotopic (exact) mass is 276 g/mol. The van der Waals surface area contributed by atoms with Gasteiger partial charge >= 0.3 is 0 Å². The molecule has 1 aromatic heterocycles. The van der Waals surface area contributed by atoms with Crippen molar-refractivity contribution in [2.24, 2.45) is 0 Å². The summed E-state index contributed by atoms with van der Waals surface area (Å²) >= 11 is 0. The van der Waals surface area contributed by atoms with Gasteiger partial charge in [0.25, 0.3) is 0 Å². The molecule has 0 bridgehead atoms. The molecule has 0 saturated heterocycles. The molecule has 0 fully saturated rings. The SMILES string of the molecule is CCCCC(CC)c1noc(N)c1-c1ccccc1F. The molecular weight excluding hydrogens is 255 g/mol. The number of nitrogens with zero attached hydrogens (tertiary/aromatic N) is 1. The molecule has 0 spiro atoms. The molecule has 1 atom stereocenters. The van der Waals surface area contributed by atoms with Crippen LogP contribution in [0.25, 0.3) is 11.1 Å². The van der Waals surface area contributed by atoms with E-state index in [9.17, 15) is 4.39 Å². The topological polar surface area (TPSA) is 52.0 Å². The summed E-state index contributed by atoms with van der Waals surface area (Å²) in [5, 5.41) is 4.09. The van der Waals surface area contributed by atoms with Crippen molar-refractivity contribution in [1.82, 2.24) is 5.16 Å². The highest BCUT2D eigenvalue weighted by atomic mass is 19.1. The third-order valence-corrected chi connectivity index (χ3v) is 3.67. The van der Waals surface area contributed by atoms with Crippen LogP contribution in [0.1, 0.15) is 51.1 Å². The summed E-state index contributed by atoms with van der Waals surface area (Å²) in [5.74, 6) is 0.152. The van der Waals surface area contributed by atoms with Crippen LogP contribution in [0.2, 0.25) is 0 Å². The molecule has 0 saturated carbocycles. The second-order valence-electron chi connectivity index (χ2n) is 5.03. The average molecular weight is 276 g/mol. The highest BCUT2D eigenvalue weighted by Gasteiger charge is 2.24. The molecule has 3 nitrogen and oxygen atoms in total. The molecule has 0 amide bonds. The first-order chi connectivity index (χ1) is 9.69. The van der Waals surface area contributed by atoms with Gasteiger partial charge < -0.3 is 10.3 Å². The molecule has 0 aliphatic rings. The zero-order valence-electron chi connectivity index (χ0n) is 12.0. The predicted molar refractivity (Wildman–Crippen MR) is 78.9 cm³/mol. The van der Waals surface area contributed by atoms with E-state index in [0.29, 0.717) is 11.1 Å². The number of unbranched alkanes of at least 4 members (excludes halogenated alkanes) is 1. The van der Waals surface area contributed by atoms with Crippen molar-refractivity contribution < 1.29 is 8.91 Å². The van der Waals surface area contributed by atoms with Gasteiger partial charge in [0.05, 0.1) is 11.3 Å². The lowest BCUT2D eigenvalue weighted by Crippen LogP contribution is -2.01. The molecule has 2 N–H and O–H groups in total. The second-order valence-corrected chi connectivity index (χ2v) is 5.03. The summed E-state index contributed by atoms with van der Waals surface area (Å²) in [6, 6.07) is 6.60. The Morgan fingerprint density at radius 1 is 1.30 bits per heavy atom. The maximum absolute atomic E-state index is 14.0. The van der Waals surface area contributed by atoms with Crippen LogP contribution in [-0.2, 0) is 0 Å². The van der Waals surface area contributed by atoms with Crippen molar-refractivity contribution >= 4 is 5.88 Å². The number of hydrogen-bond acceptors (Lipinski definition) is 3. The van der Waals surface area contributed by atoms with E-state index in [2.05, 4.69) is 19.0 Å². The van der Waals surface area contributed by atoms with Crippen LogP contribution >= 0.6 is 0 Å². The van der Waals surface area contributed by atoms with Gasteiger partial charge in [0.1, 0.15) is 5.82 Å². The van der Waals surface area contributed by atoms with Gasteiger partial charge in [0.15, 0.2) is 0 Å². The molecule has 2 rings (SSSR count). The highest BCUT2D eigenvalue weighted by molar-refractivity contribution is 5.75. The smallest absolute Gasteiger partial charge is 0.230 e. The summed E-state index contributed by atoms with van der Waals surface area (Å²) in [6.45, 7) is 4.26. The van der Waals surface area contributed by atoms with Gasteiger partial charge in [-0.15, -0.1) is 0 Å². The normalized spacial score (nSPS) is 12.6. The fraction of sp³-hybridized carbons (Fsp3) is 0.438. The Morgan fingerprint density at radius 3 is 2.70 bits per heavy atom. The highest BCUT2D eigenvalue weighted by Crippen LogP contribution is 2.38. The first-order valence-corrected chi connectivity index (χ1v) is 7.18. The lowest BCUT2D eigenvalue weighted by molar-refractivity contribution is 0.412. The van der Waals surface area contributed by atoms with Gasteiger partial charge in [-0.2, -0.15) is 0 Å². The third kappa shape index (κ3) is 2.84. The van der Waals surface area contributed by atoms with Crippen molar-refractivity contribution in [3.8, 4) is 11.1 Å². The van der Waals surface area contributed by atoms with Gasteiger partial charge in [-0.1, -0.05) is 50.0 Å². The van der Waals surface area contributed by atoms with Crippen molar-refractivity contribution in [1.29, 1.82) is 0 Å². The molecule has 0 aliphatic heterocycles. The summed E-state index contributed by atoms with van der Waals surface area (Å²) in [5.41, 5.74) is 7.73. The third-order valence-electron chi connectivity index (χ3n) is 3.67. The van der Waals surface area contributed by atoms with Crippen LogP contribution in [0.15, 0.2) is 28.8 Å². The molecule has 1 unspecified atom stereocenters. The zero-order chi connectivity index (χ0) is 14.5. The van der Waals surface area contributed by atoms with Gasteiger partial charge in [-0.05, 0) is 18.9 Å². The maximum Gasteiger partial charge on any atom is 0.230 e. The van der Waals surface area contributed by atoms with Crippen molar-refractivity contribution in [3.63, 3.8) is 0 Å². The van der Waals surface area contributed by atoms with E-state index in [1.165, 1.54) is 6.07 Å². The molecule has 0 radical (unpaired) electrons. The number of nitrogen functional groups attached to an aromatic ring is 1. The predicted octanol–water partition coefficient (Wildman–Crippen LogP) is 4.75. The summed E-state index contributed by atoms with van der Waals surface area (Å²) in [4.78, 5) is 0. The van der Waals surface area contributed by atoms with Crippen molar-refractivity contribution in [3.05, 3.63) is 35.8 Å². The lowest BCUT2D eigenvalue weighted by Gasteiger charge is -2.13. The van der Waals surface area contributed by atoms with Crippen LogP contribution in [0, 0.1) is 5.82 Å². The van der Waals surface area contributed by atoms with Gasteiger partial charge in [-0.3, -0.25) is 0 Å². The molecule has 108 valence electrons. The van der Waals surface area contributed by atoms with Crippen LogP contribution in [0.4, 0.5) is 10.3 Å². The number of anilines is 1. The summed E-state index contributed by atoms with van der Waals surface area (Å²) < 4.78 is 19.1. The van der Waals surface area contributed by atoms with Gasteiger partial charge in [-0.25, -0.2) is 4.39 Å². The first kappa shape index (κ1) is 14.6. The molecule has 1 aromatic carbocycles. The number of nitrogens with two attached hydrogens (primary N) is 1. The fourth-order valence-corrected chi connectivity index (χ4v) is 2.51. The van der Waals surface area contributed by atoms with E-state index in [1.807, 2.05) is 0 Å². The molecule has 1 heterocycles. The van der Waals surface area contributed by atoms with Crippen LogP contribution < -0.4 is 5.73 Å². The fourth-order valence-electron chi connectivity index (χ4n) is 2.51. The molecule has 20 heavy (non-hydrogen) atoms. The number of aromatic nitrogens is 1. The lowest BCUT2D eigenvalue weighted by atomic mass is 9.90. The molecule has 4 heteroatoms. The Kier molecular flexibility index (Phi) is 4.77. The Morgan fingerprint density at radius 2 is 2.05 bits per heavy atom. The van der Waals surface area contributed by atoms with Crippen LogP contribution in [0.3, 0.4) is 0 Å². The van der Waals surface area contributed by atoms with E-state index >= 15 is 0 Å². The number of benzene rings is 1. The van der Waals surface area contributed by atoms with Crippen LogP contribution in [0.5, 0.6) is 0 Å². The summed E-state index contributed by atoms with van der Waals surface area (Å²) in [6.07, 6.45) is 4.19. The minimum absolute atomic E-state index is 0.194. The van der Waals surface area contributed by atoms with E-state index < -0.39 is 0 Å². The molecular formula is C16H21FN2O. The Bertz CT molecular complexity index is 565. The minimum Gasteiger partial charge on any atom is -0.367 e. The standard InChI is InChI=1S/C16H21FN2O/c1-3-5-8-11(4-2)15-14(16(18)20-19-15)12-9-6-7-10-13(12)17/h6-7,9-11H,3-5,8,18H2,1-2H3. The summed E-state index contributed by atoms with van der Waals surface area (Å²) in [7, 11) is 0. The number of hydrogen-bond donors (Lipinski definition) is 1. The Labute approximate surface area is 119 Å². The van der Waals surface area contributed by atoms with Crippen LogP contribution in [-0.4, -0.2) is 5.16 Å². The quantitative estimate of drug-likeness (QED) is 0.828. The van der Waals surface area contributed by atoms with E-state index in [-0.39, 0.29) is 17.6 Å². The van der Waals surface area contributed by atoms with E-state index in [4.69, 9.17) is 10.3 Å². The second kappa shape index (κ2) is 6.55. The maximum atomic E-state index is 14.0. The number of halogens is 1. The Balaban J connectivity index is 2.44. The Hall–Kier alpha value is -1.84. The molecule has 0 aliphatic carbocycles. The number of rotatable bonds is 6. The van der Waals surface area contributed by atoms with E-state index in [0.717, 1.165) is 31.4 Å².